The second-order valence-electron chi connectivity index (χ2n) is 5.02. The van der Waals surface area contributed by atoms with E-state index in [1.807, 2.05) is 4.90 Å². The van der Waals surface area contributed by atoms with Gasteiger partial charge in [0.05, 0.1) is 5.69 Å². The minimum absolute atomic E-state index is 0.0199. The SMILES string of the molecule is NC(=O)CC1CCN(c2nc(C(=O)O)ccc2N)CC1. The van der Waals surface area contributed by atoms with Crippen LogP contribution < -0.4 is 16.4 Å². The Morgan fingerprint density at radius 3 is 2.55 bits per heavy atom. The molecule has 1 aromatic heterocycles. The predicted molar refractivity (Wildman–Crippen MR) is 74.4 cm³/mol. The predicted octanol–water partition coefficient (Wildman–Crippen LogP) is 0.454. The molecular formula is C13H18N4O3. The van der Waals surface area contributed by atoms with Gasteiger partial charge in [0.2, 0.25) is 5.91 Å². The van der Waals surface area contributed by atoms with Crippen molar-refractivity contribution in [2.45, 2.75) is 19.3 Å². The molecule has 20 heavy (non-hydrogen) atoms. The van der Waals surface area contributed by atoms with Crippen LogP contribution >= 0.6 is 0 Å². The number of anilines is 2. The Kier molecular flexibility index (Phi) is 4.07. The van der Waals surface area contributed by atoms with E-state index in [9.17, 15) is 9.59 Å². The number of amides is 1. The fourth-order valence-electron chi connectivity index (χ4n) is 2.46. The first-order chi connectivity index (χ1) is 9.47. The highest BCUT2D eigenvalue weighted by Crippen LogP contribution is 2.27. The number of carboxylic acids is 1. The van der Waals surface area contributed by atoms with Crippen LogP contribution in [0, 0.1) is 5.92 Å². The molecule has 0 radical (unpaired) electrons. The maximum atomic E-state index is 10.9. The van der Waals surface area contributed by atoms with Gasteiger partial charge in [-0.3, -0.25) is 4.79 Å². The van der Waals surface area contributed by atoms with E-state index in [0.717, 1.165) is 12.8 Å². The first-order valence-corrected chi connectivity index (χ1v) is 6.50. The smallest absolute Gasteiger partial charge is 0.354 e. The molecule has 0 bridgehead atoms. The monoisotopic (exact) mass is 278 g/mol. The number of carbonyl (C=O) groups excluding carboxylic acids is 1. The molecule has 1 fully saturated rings. The van der Waals surface area contributed by atoms with Crippen LogP contribution in [0.1, 0.15) is 29.8 Å². The van der Waals surface area contributed by atoms with Gasteiger partial charge in [0.1, 0.15) is 0 Å². The van der Waals surface area contributed by atoms with E-state index in [0.29, 0.717) is 31.0 Å². The minimum Gasteiger partial charge on any atom is -0.477 e. The van der Waals surface area contributed by atoms with Gasteiger partial charge >= 0.3 is 5.97 Å². The third-order valence-corrected chi connectivity index (χ3v) is 3.53. The first kappa shape index (κ1) is 14.1. The Morgan fingerprint density at radius 1 is 1.35 bits per heavy atom. The lowest BCUT2D eigenvalue weighted by molar-refractivity contribution is -0.119. The van der Waals surface area contributed by atoms with E-state index < -0.39 is 5.97 Å². The number of hydrogen-bond donors (Lipinski definition) is 3. The molecule has 5 N–H and O–H groups in total. The van der Waals surface area contributed by atoms with Gasteiger partial charge < -0.3 is 21.5 Å². The molecule has 1 aliphatic heterocycles. The number of aromatic carboxylic acids is 1. The molecule has 7 nitrogen and oxygen atoms in total. The molecule has 1 aliphatic rings. The van der Waals surface area contributed by atoms with E-state index in [2.05, 4.69) is 4.98 Å². The van der Waals surface area contributed by atoms with Crippen molar-refractivity contribution in [3.05, 3.63) is 17.8 Å². The van der Waals surface area contributed by atoms with E-state index in [1.54, 1.807) is 6.07 Å². The lowest BCUT2D eigenvalue weighted by Crippen LogP contribution is -2.36. The summed E-state index contributed by atoms with van der Waals surface area (Å²) in [6, 6.07) is 2.95. The first-order valence-electron chi connectivity index (χ1n) is 6.50. The highest BCUT2D eigenvalue weighted by Gasteiger charge is 2.23. The van der Waals surface area contributed by atoms with Crippen LogP contribution in [0.15, 0.2) is 12.1 Å². The fraction of sp³-hybridized carbons (Fsp3) is 0.462. The van der Waals surface area contributed by atoms with E-state index in [-0.39, 0.29) is 17.5 Å². The topological polar surface area (TPSA) is 123 Å². The van der Waals surface area contributed by atoms with Gasteiger partial charge in [-0.15, -0.1) is 0 Å². The molecule has 7 heteroatoms. The summed E-state index contributed by atoms with van der Waals surface area (Å²) in [7, 11) is 0. The zero-order valence-corrected chi connectivity index (χ0v) is 11.1. The van der Waals surface area contributed by atoms with E-state index in [1.165, 1.54) is 6.07 Å². The van der Waals surface area contributed by atoms with Gasteiger partial charge in [-0.2, -0.15) is 0 Å². The van der Waals surface area contributed by atoms with Crippen molar-refractivity contribution in [2.24, 2.45) is 11.7 Å². The molecule has 0 aromatic carbocycles. The number of carboxylic acid groups (broad SMARTS) is 1. The molecule has 0 saturated carbocycles. The summed E-state index contributed by atoms with van der Waals surface area (Å²) in [6.07, 6.45) is 2.04. The van der Waals surface area contributed by atoms with Crippen LogP contribution in [0.25, 0.3) is 0 Å². The van der Waals surface area contributed by atoms with Gasteiger partial charge in [0.25, 0.3) is 0 Å². The Hall–Kier alpha value is -2.31. The Balaban J connectivity index is 2.08. The number of piperidine rings is 1. The maximum absolute atomic E-state index is 10.9. The lowest BCUT2D eigenvalue weighted by atomic mass is 9.93. The number of aromatic nitrogens is 1. The molecule has 108 valence electrons. The van der Waals surface area contributed by atoms with Crippen molar-refractivity contribution in [3.63, 3.8) is 0 Å². The van der Waals surface area contributed by atoms with Gasteiger partial charge in [-0.05, 0) is 30.9 Å². The van der Waals surface area contributed by atoms with Crippen LogP contribution in [-0.4, -0.2) is 35.1 Å². The number of rotatable bonds is 4. The second-order valence-corrected chi connectivity index (χ2v) is 5.02. The van der Waals surface area contributed by atoms with Crippen molar-refractivity contribution in [2.75, 3.05) is 23.7 Å². The van der Waals surface area contributed by atoms with Gasteiger partial charge in [0, 0.05) is 19.5 Å². The maximum Gasteiger partial charge on any atom is 0.354 e. The minimum atomic E-state index is -1.07. The van der Waals surface area contributed by atoms with E-state index >= 15 is 0 Å². The standard InChI is InChI=1S/C13H18N4O3/c14-9-1-2-10(13(19)20)16-12(9)17-5-3-8(4-6-17)7-11(15)18/h1-2,8H,3-7,14H2,(H2,15,18)(H,19,20). The molecule has 0 atom stereocenters. The largest absolute Gasteiger partial charge is 0.477 e. The summed E-state index contributed by atoms with van der Waals surface area (Å²) in [5, 5.41) is 8.97. The normalized spacial score (nSPS) is 16.1. The highest BCUT2D eigenvalue weighted by atomic mass is 16.4. The quantitative estimate of drug-likeness (QED) is 0.735. The summed E-state index contributed by atoms with van der Waals surface area (Å²) in [4.78, 5) is 27.9. The molecule has 1 amide bonds. The van der Waals surface area contributed by atoms with Gasteiger partial charge in [-0.1, -0.05) is 0 Å². The Morgan fingerprint density at radius 2 is 2.00 bits per heavy atom. The number of carbonyl (C=O) groups is 2. The Bertz CT molecular complexity index is 524. The summed E-state index contributed by atoms with van der Waals surface area (Å²) in [5.74, 6) is -0.570. The lowest BCUT2D eigenvalue weighted by Gasteiger charge is -2.33. The molecule has 1 aromatic rings. The van der Waals surface area contributed by atoms with Crippen LogP contribution in [-0.2, 0) is 4.79 Å². The number of pyridine rings is 1. The van der Waals surface area contributed by atoms with Crippen LogP contribution in [0.3, 0.4) is 0 Å². The third kappa shape index (κ3) is 3.17. The van der Waals surface area contributed by atoms with E-state index in [4.69, 9.17) is 16.6 Å². The number of nitrogens with zero attached hydrogens (tertiary/aromatic N) is 2. The zero-order chi connectivity index (χ0) is 14.7. The summed E-state index contributed by atoms with van der Waals surface area (Å²) in [5.41, 5.74) is 11.5. The average molecular weight is 278 g/mol. The summed E-state index contributed by atoms with van der Waals surface area (Å²) >= 11 is 0. The molecule has 0 aliphatic carbocycles. The molecule has 0 spiro atoms. The van der Waals surface area contributed by atoms with Crippen LogP contribution in [0.2, 0.25) is 0 Å². The number of nitrogens with two attached hydrogens (primary N) is 2. The summed E-state index contributed by atoms with van der Waals surface area (Å²) < 4.78 is 0. The van der Waals surface area contributed by atoms with Crippen molar-refractivity contribution < 1.29 is 14.7 Å². The van der Waals surface area contributed by atoms with Crippen molar-refractivity contribution in [1.82, 2.24) is 4.98 Å². The zero-order valence-electron chi connectivity index (χ0n) is 11.1. The summed E-state index contributed by atoms with van der Waals surface area (Å²) in [6.45, 7) is 1.39. The average Bonchev–Trinajstić information content (AvgIpc) is 2.39. The van der Waals surface area contributed by atoms with Crippen LogP contribution in [0.5, 0.6) is 0 Å². The van der Waals surface area contributed by atoms with Gasteiger partial charge in [0.15, 0.2) is 11.5 Å². The fourth-order valence-corrected chi connectivity index (χ4v) is 2.46. The van der Waals surface area contributed by atoms with Crippen molar-refractivity contribution >= 4 is 23.4 Å². The number of hydrogen-bond acceptors (Lipinski definition) is 5. The molecule has 2 rings (SSSR count). The highest BCUT2D eigenvalue weighted by molar-refractivity contribution is 5.87. The number of primary amides is 1. The second kappa shape index (κ2) is 5.77. The number of nitrogen functional groups attached to an aromatic ring is 1. The van der Waals surface area contributed by atoms with Gasteiger partial charge in [-0.25, -0.2) is 9.78 Å². The molecule has 0 unspecified atom stereocenters. The third-order valence-electron chi connectivity index (χ3n) is 3.53. The molecule has 1 saturated heterocycles. The van der Waals surface area contributed by atoms with Crippen molar-refractivity contribution in [3.8, 4) is 0 Å². The molecule has 2 heterocycles. The van der Waals surface area contributed by atoms with Crippen molar-refractivity contribution in [1.29, 1.82) is 0 Å². The molecular weight excluding hydrogens is 260 g/mol. The Labute approximate surface area is 116 Å². The van der Waals surface area contributed by atoms with Crippen LogP contribution in [0.4, 0.5) is 11.5 Å².